The number of amides is 2. The number of rotatable bonds is 6. The van der Waals surface area contributed by atoms with Crippen LogP contribution in [0.1, 0.15) is 50.4 Å². The van der Waals surface area contributed by atoms with Gasteiger partial charge in [-0.15, -0.1) is 0 Å². The number of carbonyl (C=O) groups is 1. The Hall–Kier alpha value is -2.96. The number of carbonyl (C=O) groups excluding carboxylic acids is 1. The maximum Gasteiger partial charge on any atom is 0.318 e. The number of hydrogen-bond donors (Lipinski definition) is 1. The summed E-state index contributed by atoms with van der Waals surface area (Å²) >= 11 is 0. The third-order valence-corrected chi connectivity index (χ3v) is 7.41. The molecule has 3 heterocycles. The van der Waals surface area contributed by atoms with Gasteiger partial charge in [-0.1, -0.05) is 43.3 Å². The van der Waals surface area contributed by atoms with E-state index in [4.69, 9.17) is 9.72 Å². The predicted octanol–water partition coefficient (Wildman–Crippen LogP) is 5.05. The molecule has 0 spiro atoms. The van der Waals surface area contributed by atoms with Gasteiger partial charge in [-0.2, -0.15) is 0 Å². The first-order valence-corrected chi connectivity index (χ1v) is 13.4. The van der Waals surface area contributed by atoms with Crippen LogP contribution in [-0.2, 0) is 17.7 Å². The lowest BCUT2D eigenvalue weighted by Crippen LogP contribution is -2.49. The van der Waals surface area contributed by atoms with E-state index in [-0.39, 0.29) is 18.1 Å². The largest absolute Gasteiger partial charge is 0.379 e. The van der Waals surface area contributed by atoms with E-state index in [1.165, 1.54) is 27.8 Å². The molecule has 6 heteroatoms. The van der Waals surface area contributed by atoms with Gasteiger partial charge < -0.3 is 15.0 Å². The lowest BCUT2D eigenvalue weighted by molar-refractivity contribution is 0.0342. The van der Waals surface area contributed by atoms with Crippen LogP contribution in [0, 0.1) is 0 Å². The number of aromatic nitrogens is 1. The van der Waals surface area contributed by atoms with Crippen molar-refractivity contribution in [2.75, 3.05) is 32.8 Å². The van der Waals surface area contributed by atoms with Crippen LogP contribution in [0.4, 0.5) is 4.79 Å². The summed E-state index contributed by atoms with van der Waals surface area (Å²) in [5.41, 5.74) is 8.71. The van der Waals surface area contributed by atoms with Crippen LogP contribution in [0.5, 0.6) is 0 Å². The number of hydrogen-bond acceptors (Lipinski definition) is 4. The third kappa shape index (κ3) is 5.40. The Bertz CT molecular complexity index is 1150. The number of pyridine rings is 1. The lowest BCUT2D eigenvalue weighted by atomic mass is 9.91. The highest BCUT2D eigenvalue weighted by Gasteiger charge is 2.29. The number of benzene rings is 1. The second-order valence-electron chi connectivity index (χ2n) is 10.3. The van der Waals surface area contributed by atoms with E-state index in [9.17, 15) is 4.79 Å². The van der Waals surface area contributed by atoms with Gasteiger partial charge in [0.2, 0.25) is 0 Å². The van der Waals surface area contributed by atoms with E-state index in [0.717, 1.165) is 69.9 Å². The first-order valence-electron chi connectivity index (χ1n) is 13.4. The smallest absolute Gasteiger partial charge is 0.318 e. The number of nitrogens with zero attached hydrogens (tertiary/aromatic N) is 3. The van der Waals surface area contributed by atoms with Crippen LogP contribution < -0.4 is 5.32 Å². The number of ether oxygens (including phenoxy) is 1. The summed E-state index contributed by atoms with van der Waals surface area (Å²) in [6.45, 7) is 11.5. The summed E-state index contributed by atoms with van der Waals surface area (Å²) in [5, 5.41) is 3.05. The Labute approximate surface area is 215 Å². The lowest BCUT2D eigenvalue weighted by Gasteiger charge is -2.35. The minimum absolute atomic E-state index is 0.0361. The van der Waals surface area contributed by atoms with Gasteiger partial charge in [0.05, 0.1) is 24.9 Å². The van der Waals surface area contributed by atoms with E-state index in [1.807, 2.05) is 24.9 Å². The van der Waals surface area contributed by atoms with Crippen LogP contribution in [-0.4, -0.2) is 65.7 Å². The average Bonchev–Trinajstić information content (AvgIpc) is 3.32. The van der Waals surface area contributed by atoms with E-state index in [2.05, 4.69) is 59.6 Å². The summed E-state index contributed by atoms with van der Waals surface area (Å²) < 4.78 is 5.47. The highest BCUT2D eigenvalue weighted by molar-refractivity contribution is 5.86. The van der Waals surface area contributed by atoms with E-state index < -0.39 is 0 Å². The van der Waals surface area contributed by atoms with E-state index in [0.29, 0.717) is 0 Å². The Morgan fingerprint density at radius 1 is 1.14 bits per heavy atom. The van der Waals surface area contributed by atoms with Crippen molar-refractivity contribution in [1.82, 2.24) is 20.1 Å². The van der Waals surface area contributed by atoms with Crippen molar-refractivity contribution in [3.63, 3.8) is 0 Å². The van der Waals surface area contributed by atoms with Crippen molar-refractivity contribution in [2.24, 2.45) is 0 Å². The summed E-state index contributed by atoms with van der Waals surface area (Å²) in [5.74, 6) is 0. The zero-order valence-corrected chi connectivity index (χ0v) is 21.8. The van der Waals surface area contributed by atoms with Gasteiger partial charge in [0.25, 0.3) is 0 Å². The summed E-state index contributed by atoms with van der Waals surface area (Å²) in [6.07, 6.45) is 9.27. The molecule has 1 N–H and O–H groups in total. The minimum Gasteiger partial charge on any atom is -0.379 e. The minimum atomic E-state index is 0.0361. The summed E-state index contributed by atoms with van der Waals surface area (Å²) in [6, 6.07) is 11.5. The fourth-order valence-corrected chi connectivity index (χ4v) is 5.44. The Morgan fingerprint density at radius 3 is 2.64 bits per heavy atom. The molecule has 1 unspecified atom stereocenters. The molecule has 1 aliphatic carbocycles. The molecule has 6 nitrogen and oxygen atoms in total. The molecule has 0 bridgehead atoms. The van der Waals surface area contributed by atoms with Gasteiger partial charge in [-0.3, -0.25) is 9.88 Å². The van der Waals surface area contributed by atoms with Crippen molar-refractivity contribution in [1.29, 1.82) is 0 Å². The molecule has 1 fully saturated rings. The van der Waals surface area contributed by atoms with Gasteiger partial charge in [0.1, 0.15) is 0 Å². The normalized spacial score (nSPS) is 20.2. The number of fused-ring (bicyclic) bond motifs is 1. The molecule has 1 aromatic carbocycles. The monoisotopic (exact) mass is 486 g/mol. The fraction of sp³-hybridized carbons (Fsp3) is 0.467. The molecule has 0 saturated carbocycles. The molecule has 190 valence electrons. The molecule has 5 rings (SSSR count). The zero-order chi connectivity index (χ0) is 25.1. The van der Waals surface area contributed by atoms with E-state index >= 15 is 0 Å². The van der Waals surface area contributed by atoms with Crippen molar-refractivity contribution >= 4 is 11.6 Å². The van der Waals surface area contributed by atoms with Crippen molar-refractivity contribution < 1.29 is 9.53 Å². The van der Waals surface area contributed by atoms with Crippen LogP contribution in [0.25, 0.3) is 16.7 Å². The fourth-order valence-electron chi connectivity index (χ4n) is 5.44. The van der Waals surface area contributed by atoms with Crippen LogP contribution in [0.2, 0.25) is 0 Å². The van der Waals surface area contributed by atoms with Crippen LogP contribution in [0.3, 0.4) is 0 Å². The second-order valence-corrected chi connectivity index (χ2v) is 10.3. The van der Waals surface area contributed by atoms with Crippen LogP contribution >= 0.6 is 0 Å². The summed E-state index contributed by atoms with van der Waals surface area (Å²) in [4.78, 5) is 22.0. The average molecular weight is 487 g/mol. The number of nitrogens with one attached hydrogen (secondary N) is 1. The molecule has 1 saturated heterocycles. The van der Waals surface area contributed by atoms with Gasteiger partial charge in [-0.05, 0) is 55.0 Å². The quantitative estimate of drug-likeness (QED) is 0.621. The molecular weight excluding hydrogens is 448 g/mol. The SMILES string of the molecule is CCC1C=C(C2=CCc3ncc(-c4ccc(CN5CCOCC5)cc4)cc32)CCN1C(=O)NC(C)C. The molecule has 1 atom stereocenters. The van der Waals surface area contributed by atoms with Gasteiger partial charge in [0.15, 0.2) is 0 Å². The first-order chi connectivity index (χ1) is 17.5. The molecule has 1 aromatic heterocycles. The maximum absolute atomic E-state index is 12.7. The molecule has 3 aliphatic rings. The molecule has 2 aromatic rings. The number of allylic oxidation sites excluding steroid dienone is 2. The van der Waals surface area contributed by atoms with Crippen LogP contribution in [0.15, 0.2) is 54.3 Å². The molecule has 36 heavy (non-hydrogen) atoms. The van der Waals surface area contributed by atoms with Crippen molar-refractivity contribution in [3.05, 3.63) is 71.1 Å². The highest BCUT2D eigenvalue weighted by Crippen LogP contribution is 2.38. The topological polar surface area (TPSA) is 57.7 Å². The second kappa shape index (κ2) is 11.0. The molecule has 0 radical (unpaired) electrons. The first kappa shape index (κ1) is 24.7. The number of urea groups is 1. The zero-order valence-electron chi connectivity index (χ0n) is 21.8. The van der Waals surface area contributed by atoms with Gasteiger partial charge >= 0.3 is 6.03 Å². The Morgan fingerprint density at radius 2 is 1.92 bits per heavy atom. The molecule has 2 amide bonds. The van der Waals surface area contributed by atoms with Crippen molar-refractivity contribution in [3.8, 4) is 11.1 Å². The molecular formula is C30H38N4O2. The van der Waals surface area contributed by atoms with E-state index in [1.54, 1.807) is 0 Å². The standard InChI is InChI=1S/C30H38N4O2/c1-4-26-17-24(11-12-34(26)30(35)32-21(2)3)27-9-10-29-28(27)18-25(19-31-29)23-7-5-22(6-8-23)20-33-13-15-36-16-14-33/h5-9,17-19,21,26H,4,10-16,20H2,1-3H3,(H,32,35). The maximum atomic E-state index is 12.7. The van der Waals surface area contributed by atoms with Crippen molar-refractivity contribution in [2.45, 2.75) is 58.7 Å². The number of morpholine rings is 1. The Kier molecular flexibility index (Phi) is 7.54. The predicted molar refractivity (Wildman–Crippen MR) is 145 cm³/mol. The van der Waals surface area contributed by atoms with Gasteiger partial charge in [0, 0.05) is 56.0 Å². The third-order valence-electron chi connectivity index (χ3n) is 7.41. The summed E-state index contributed by atoms with van der Waals surface area (Å²) in [7, 11) is 0. The Balaban J connectivity index is 1.32. The molecule has 2 aliphatic heterocycles. The van der Waals surface area contributed by atoms with Gasteiger partial charge in [-0.25, -0.2) is 4.79 Å². The highest BCUT2D eigenvalue weighted by atomic mass is 16.5.